The zero-order valence-corrected chi connectivity index (χ0v) is 14.9. The van der Waals surface area contributed by atoms with Crippen LogP contribution in [0.2, 0.25) is 5.02 Å². The fourth-order valence-electron chi connectivity index (χ4n) is 2.95. The highest BCUT2D eigenvalue weighted by atomic mass is 35.5. The molecular weight excluding hydrogens is 340 g/mol. The molecular formula is C19H19ClN2O3. The first-order valence-electron chi connectivity index (χ1n) is 8.00. The molecule has 0 radical (unpaired) electrons. The lowest BCUT2D eigenvalue weighted by Gasteiger charge is -2.35. The average molecular weight is 359 g/mol. The average Bonchev–Trinajstić information content (AvgIpc) is 2.63. The summed E-state index contributed by atoms with van der Waals surface area (Å²) < 4.78 is 5.33. The van der Waals surface area contributed by atoms with Gasteiger partial charge in [-0.05, 0) is 36.8 Å². The van der Waals surface area contributed by atoms with Crippen LogP contribution >= 0.6 is 11.6 Å². The largest absolute Gasteiger partial charge is 0.495 e. The fourth-order valence-corrected chi connectivity index (χ4v) is 3.12. The SMILES string of the molecule is COc1ccccc1N1CCN(C(=O)c2cc(Cl)ccc2C)CC1=O. The van der Waals surface area contributed by atoms with Crippen molar-refractivity contribution in [3.05, 3.63) is 58.6 Å². The summed E-state index contributed by atoms with van der Waals surface area (Å²) >= 11 is 6.01. The van der Waals surface area contributed by atoms with E-state index in [0.29, 0.717) is 29.4 Å². The zero-order valence-electron chi connectivity index (χ0n) is 14.2. The van der Waals surface area contributed by atoms with Crippen LogP contribution in [0.5, 0.6) is 5.75 Å². The molecule has 3 rings (SSSR count). The number of carbonyl (C=O) groups excluding carboxylic acids is 2. The van der Waals surface area contributed by atoms with E-state index in [2.05, 4.69) is 0 Å². The van der Waals surface area contributed by atoms with Crippen LogP contribution < -0.4 is 9.64 Å². The minimum atomic E-state index is -0.173. The number of ether oxygens (including phenoxy) is 1. The molecule has 0 N–H and O–H groups in total. The molecule has 2 aromatic carbocycles. The summed E-state index contributed by atoms with van der Waals surface area (Å²) in [5.74, 6) is 0.332. The minimum Gasteiger partial charge on any atom is -0.495 e. The van der Waals surface area contributed by atoms with Crippen molar-refractivity contribution in [2.45, 2.75) is 6.92 Å². The van der Waals surface area contributed by atoms with Crippen LogP contribution in [-0.2, 0) is 4.79 Å². The lowest BCUT2D eigenvalue weighted by atomic mass is 10.1. The number of benzene rings is 2. The van der Waals surface area contributed by atoms with Gasteiger partial charge in [-0.3, -0.25) is 9.59 Å². The Balaban J connectivity index is 1.79. The predicted molar refractivity (Wildman–Crippen MR) is 97.4 cm³/mol. The third kappa shape index (κ3) is 3.46. The van der Waals surface area contributed by atoms with E-state index in [1.54, 1.807) is 29.0 Å². The van der Waals surface area contributed by atoms with Gasteiger partial charge in [0.05, 0.1) is 12.8 Å². The summed E-state index contributed by atoms with van der Waals surface area (Å²) in [6.45, 7) is 2.76. The molecule has 6 heteroatoms. The number of hydrogen-bond donors (Lipinski definition) is 0. The van der Waals surface area contributed by atoms with Crippen LogP contribution in [0.3, 0.4) is 0 Å². The van der Waals surface area contributed by atoms with Crippen LogP contribution in [0, 0.1) is 6.92 Å². The summed E-state index contributed by atoms with van der Waals surface area (Å²) in [6.07, 6.45) is 0. The number of nitrogens with zero attached hydrogens (tertiary/aromatic N) is 2. The van der Waals surface area contributed by atoms with Gasteiger partial charge >= 0.3 is 0 Å². The normalized spacial score (nSPS) is 14.6. The highest BCUT2D eigenvalue weighted by Crippen LogP contribution is 2.29. The van der Waals surface area contributed by atoms with E-state index >= 15 is 0 Å². The molecule has 1 heterocycles. The Labute approximate surface area is 151 Å². The van der Waals surface area contributed by atoms with Gasteiger partial charge in [0.25, 0.3) is 5.91 Å². The van der Waals surface area contributed by atoms with Gasteiger partial charge in [-0.25, -0.2) is 0 Å². The Morgan fingerprint density at radius 2 is 1.92 bits per heavy atom. The van der Waals surface area contributed by atoms with Crippen molar-refractivity contribution in [2.24, 2.45) is 0 Å². The Hall–Kier alpha value is -2.53. The Kier molecular flexibility index (Phi) is 4.95. The predicted octanol–water partition coefficient (Wildman–Crippen LogP) is 3.15. The van der Waals surface area contributed by atoms with Gasteiger partial charge in [-0.2, -0.15) is 0 Å². The van der Waals surface area contributed by atoms with Crippen LogP contribution in [0.4, 0.5) is 5.69 Å². The second kappa shape index (κ2) is 7.15. The van der Waals surface area contributed by atoms with E-state index in [0.717, 1.165) is 11.3 Å². The van der Waals surface area contributed by atoms with Crippen molar-refractivity contribution in [3.8, 4) is 5.75 Å². The molecule has 0 saturated carbocycles. The Morgan fingerprint density at radius 1 is 1.16 bits per heavy atom. The molecule has 1 aliphatic rings. The Morgan fingerprint density at radius 3 is 2.64 bits per heavy atom. The van der Waals surface area contributed by atoms with Gasteiger partial charge < -0.3 is 14.5 Å². The fraction of sp³-hybridized carbons (Fsp3) is 0.263. The van der Waals surface area contributed by atoms with Crippen molar-refractivity contribution in [2.75, 3.05) is 31.6 Å². The van der Waals surface area contributed by atoms with Gasteiger partial charge in [0, 0.05) is 23.7 Å². The second-order valence-corrected chi connectivity index (χ2v) is 6.34. The highest BCUT2D eigenvalue weighted by Gasteiger charge is 2.30. The molecule has 2 aromatic rings. The summed E-state index contributed by atoms with van der Waals surface area (Å²) in [7, 11) is 1.57. The maximum absolute atomic E-state index is 12.8. The molecule has 0 spiro atoms. The number of carbonyl (C=O) groups is 2. The summed E-state index contributed by atoms with van der Waals surface area (Å²) in [6, 6.07) is 12.6. The lowest BCUT2D eigenvalue weighted by molar-refractivity contribution is -0.120. The van der Waals surface area contributed by atoms with Gasteiger partial charge in [0.1, 0.15) is 12.3 Å². The van der Waals surface area contributed by atoms with Crippen molar-refractivity contribution in [3.63, 3.8) is 0 Å². The van der Waals surface area contributed by atoms with Gasteiger partial charge in [-0.15, -0.1) is 0 Å². The summed E-state index contributed by atoms with van der Waals surface area (Å²) in [5.41, 5.74) is 2.10. The topological polar surface area (TPSA) is 49.9 Å². The molecule has 0 aliphatic carbocycles. The van der Waals surface area contributed by atoms with Crippen LogP contribution in [0.1, 0.15) is 15.9 Å². The molecule has 1 aliphatic heterocycles. The van der Waals surface area contributed by atoms with Crippen LogP contribution in [0.25, 0.3) is 0 Å². The van der Waals surface area contributed by atoms with Crippen LogP contribution in [0.15, 0.2) is 42.5 Å². The number of piperazine rings is 1. The monoisotopic (exact) mass is 358 g/mol. The smallest absolute Gasteiger partial charge is 0.254 e. The van der Waals surface area contributed by atoms with Gasteiger partial charge in [0.15, 0.2) is 0 Å². The molecule has 5 nitrogen and oxygen atoms in total. The van der Waals surface area contributed by atoms with Crippen LogP contribution in [-0.4, -0.2) is 43.5 Å². The number of amides is 2. The first-order valence-corrected chi connectivity index (χ1v) is 8.38. The highest BCUT2D eigenvalue weighted by molar-refractivity contribution is 6.31. The molecule has 2 amide bonds. The maximum Gasteiger partial charge on any atom is 0.254 e. The number of methoxy groups -OCH3 is 1. The van der Waals surface area contributed by atoms with Crippen molar-refractivity contribution in [1.29, 1.82) is 0 Å². The molecule has 0 unspecified atom stereocenters. The third-order valence-corrected chi connectivity index (χ3v) is 4.55. The lowest BCUT2D eigenvalue weighted by Crippen LogP contribution is -2.52. The Bertz CT molecular complexity index is 822. The van der Waals surface area contributed by atoms with E-state index in [4.69, 9.17) is 16.3 Å². The molecule has 0 atom stereocenters. The number of halogens is 1. The number of aryl methyl sites for hydroxylation is 1. The maximum atomic E-state index is 12.8. The second-order valence-electron chi connectivity index (χ2n) is 5.90. The van der Waals surface area contributed by atoms with E-state index in [-0.39, 0.29) is 18.4 Å². The minimum absolute atomic E-state index is 0.0306. The van der Waals surface area contributed by atoms with E-state index in [9.17, 15) is 9.59 Å². The first-order chi connectivity index (χ1) is 12.0. The van der Waals surface area contributed by atoms with Gasteiger partial charge in [-0.1, -0.05) is 29.8 Å². The number of rotatable bonds is 3. The number of para-hydroxylation sites is 2. The van der Waals surface area contributed by atoms with Crippen molar-refractivity contribution in [1.82, 2.24) is 4.90 Å². The third-order valence-electron chi connectivity index (χ3n) is 4.31. The first kappa shape index (κ1) is 17.3. The summed E-state index contributed by atoms with van der Waals surface area (Å²) in [4.78, 5) is 28.6. The quantitative estimate of drug-likeness (QED) is 0.847. The number of hydrogen-bond acceptors (Lipinski definition) is 3. The zero-order chi connectivity index (χ0) is 18.0. The van der Waals surface area contributed by atoms with E-state index < -0.39 is 0 Å². The van der Waals surface area contributed by atoms with E-state index in [1.165, 1.54) is 0 Å². The van der Waals surface area contributed by atoms with Crippen molar-refractivity contribution < 1.29 is 14.3 Å². The molecule has 0 bridgehead atoms. The van der Waals surface area contributed by atoms with Gasteiger partial charge in [0.2, 0.25) is 5.91 Å². The molecule has 130 valence electrons. The standard InChI is InChI=1S/C19H19ClN2O3/c1-13-7-8-14(20)11-15(13)19(24)21-9-10-22(18(23)12-21)16-5-3-4-6-17(16)25-2/h3-8,11H,9-10,12H2,1-2H3. The molecule has 0 aromatic heterocycles. The summed E-state index contributed by atoms with van der Waals surface area (Å²) in [5, 5.41) is 0.507. The van der Waals surface area contributed by atoms with E-state index in [1.807, 2.05) is 37.3 Å². The molecule has 25 heavy (non-hydrogen) atoms. The molecule has 1 saturated heterocycles. The molecule has 1 fully saturated rings. The van der Waals surface area contributed by atoms with Crippen molar-refractivity contribution >= 4 is 29.1 Å². The number of anilines is 1.